The minimum atomic E-state index is -5.02. The lowest BCUT2D eigenvalue weighted by atomic mass is 10.2. The van der Waals surface area contributed by atoms with Crippen LogP contribution in [0.2, 0.25) is 0 Å². The van der Waals surface area contributed by atoms with E-state index in [0.29, 0.717) is 0 Å². The highest BCUT2D eigenvalue weighted by molar-refractivity contribution is 14.1. The van der Waals surface area contributed by atoms with Gasteiger partial charge < -0.3 is 0 Å². The SMILES string of the molecule is Fc1c(I)c(I)c(I)c(F)c1C(F)(F)F. The number of rotatable bonds is 0. The Labute approximate surface area is 122 Å². The van der Waals surface area contributed by atoms with Crippen LogP contribution in [0.15, 0.2) is 0 Å². The van der Waals surface area contributed by atoms with Crippen molar-refractivity contribution in [3.8, 4) is 0 Å². The van der Waals surface area contributed by atoms with Gasteiger partial charge in [-0.05, 0) is 67.8 Å². The Morgan fingerprint density at radius 2 is 1.07 bits per heavy atom. The minimum absolute atomic E-state index is 0.150. The van der Waals surface area contributed by atoms with E-state index >= 15 is 0 Å². The second kappa shape index (κ2) is 4.74. The van der Waals surface area contributed by atoms with Crippen molar-refractivity contribution in [2.45, 2.75) is 6.18 Å². The van der Waals surface area contributed by atoms with E-state index in [2.05, 4.69) is 0 Å². The number of halogens is 8. The molecule has 1 aromatic carbocycles. The zero-order chi connectivity index (χ0) is 12.0. The number of hydrogen-bond acceptors (Lipinski definition) is 0. The summed E-state index contributed by atoms with van der Waals surface area (Å²) >= 11 is 4.45. The lowest BCUT2D eigenvalue weighted by Crippen LogP contribution is -2.15. The Kier molecular flexibility index (Phi) is 4.46. The first-order valence-corrected chi connectivity index (χ1v) is 6.50. The molecular weight excluding hydrogens is 560 g/mol. The molecule has 0 aliphatic rings. The van der Waals surface area contributed by atoms with E-state index in [-0.39, 0.29) is 10.7 Å². The average molecular weight is 560 g/mol. The molecule has 0 fully saturated rings. The van der Waals surface area contributed by atoms with Crippen molar-refractivity contribution in [3.63, 3.8) is 0 Å². The molecule has 1 aromatic rings. The van der Waals surface area contributed by atoms with Crippen LogP contribution in [0.5, 0.6) is 0 Å². The average Bonchev–Trinajstić information content (AvgIpc) is 2.09. The molecule has 0 N–H and O–H groups in total. The molecule has 0 atom stereocenters. The van der Waals surface area contributed by atoms with Crippen molar-refractivity contribution in [1.29, 1.82) is 0 Å². The van der Waals surface area contributed by atoms with Crippen molar-refractivity contribution >= 4 is 67.8 Å². The second-order valence-corrected chi connectivity index (χ2v) is 5.68. The predicted molar refractivity (Wildman–Crippen MR) is 69.5 cm³/mol. The van der Waals surface area contributed by atoms with Crippen LogP contribution in [0.1, 0.15) is 5.56 Å². The van der Waals surface area contributed by atoms with Crippen LogP contribution < -0.4 is 0 Å². The van der Waals surface area contributed by atoms with Crippen molar-refractivity contribution in [1.82, 2.24) is 0 Å². The molecule has 0 aliphatic heterocycles. The van der Waals surface area contributed by atoms with E-state index in [1.54, 1.807) is 22.6 Å². The highest BCUT2D eigenvalue weighted by atomic mass is 127. The summed E-state index contributed by atoms with van der Waals surface area (Å²) < 4.78 is 63.1. The minimum Gasteiger partial charge on any atom is -0.205 e. The topological polar surface area (TPSA) is 0 Å². The van der Waals surface area contributed by atoms with Gasteiger partial charge in [0, 0.05) is 3.57 Å². The first-order valence-electron chi connectivity index (χ1n) is 3.26. The van der Waals surface area contributed by atoms with Gasteiger partial charge in [-0.1, -0.05) is 0 Å². The molecule has 84 valence electrons. The van der Waals surface area contributed by atoms with Crippen LogP contribution in [-0.2, 0) is 6.18 Å². The first-order chi connectivity index (χ1) is 6.68. The molecule has 1 rings (SSSR count). The fourth-order valence-electron chi connectivity index (χ4n) is 0.854. The van der Waals surface area contributed by atoms with Crippen LogP contribution >= 0.6 is 67.8 Å². The largest absolute Gasteiger partial charge is 0.422 e. The van der Waals surface area contributed by atoms with Crippen LogP contribution in [0.3, 0.4) is 0 Å². The van der Waals surface area contributed by atoms with Gasteiger partial charge in [0.15, 0.2) is 11.6 Å². The van der Waals surface area contributed by atoms with E-state index in [4.69, 9.17) is 0 Å². The zero-order valence-electron chi connectivity index (χ0n) is 6.52. The Balaban J connectivity index is 3.68. The van der Waals surface area contributed by atoms with Crippen molar-refractivity contribution in [3.05, 3.63) is 27.9 Å². The van der Waals surface area contributed by atoms with Gasteiger partial charge in [0.2, 0.25) is 0 Å². The molecular formula is C7F5I3. The monoisotopic (exact) mass is 560 g/mol. The third-order valence-corrected chi connectivity index (χ3v) is 6.66. The van der Waals surface area contributed by atoms with Crippen LogP contribution in [0.25, 0.3) is 0 Å². The molecule has 0 amide bonds. The summed E-state index contributed by atoms with van der Waals surface area (Å²) in [4.78, 5) is 0. The third-order valence-electron chi connectivity index (χ3n) is 1.49. The van der Waals surface area contributed by atoms with Crippen LogP contribution in [0, 0.1) is 22.3 Å². The lowest BCUT2D eigenvalue weighted by molar-refractivity contribution is -0.142. The molecule has 0 radical (unpaired) electrons. The molecule has 0 saturated heterocycles. The van der Waals surface area contributed by atoms with Gasteiger partial charge in [-0.3, -0.25) is 0 Å². The van der Waals surface area contributed by atoms with Crippen molar-refractivity contribution < 1.29 is 22.0 Å². The standard InChI is InChI=1S/C7F5I3/c8-2-1(7(10,11)12)3(9)5(14)6(15)4(2)13. The molecule has 0 heterocycles. The molecule has 0 aromatic heterocycles. The number of alkyl halides is 3. The summed E-state index contributed by atoms with van der Waals surface area (Å²) in [6.07, 6.45) is -5.02. The van der Waals surface area contributed by atoms with Gasteiger partial charge in [-0.2, -0.15) is 13.2 Å². The summed E-state index contributed by atoms with van der Waals surface area (Å²) in [5, 5.41) is 0. The second-order valence-electron chi connectivity index (χ2n) is 2.44. The van der Waals surface area contributed by atoms with Crippen LogP contribution in [0.4, 0.5) is 22.0 Å². The molecule has 0 unspecified atom stereocenters. The maximum absolute atomic E-state index is 13.2. The smallest absolute Gasteiger partial charge is 0.205 e. The molecule has 0 saturated carbocycles. The Hall–Kier alpha value is 1.06. The molecule has 15 heavy (non-hydrogen) atoms. The van der Waals surface area contributed by atoms with Gasteiger partial charge in [0.1, 0.15) is 5.56 Å². The van der Waals surface area contributed by atoms with E-state index in [1.807, 2.05) is 0 Å². The van der Waals surface area contributed by atoms with Crippen LogP contribution in [-0.4, -0.2) is 0 Å². The summed E-state index contributed by atoms with van der Waals surface area (Å²) in [5.74, 6) is -3.10. The first kappa shape index (κ1) is 14.1. The fraction of sp³-hybridized carbons (Fsp3) is 0.143. The quantitative estimate of drug-likeness (QED) is 0.186. The van der Waals surface area contributed by atoms with E-state index in [9.17, 15) is 22.0 Å². The van der Waals surface area contributed by atoms with Gasteiger partial charge in [-0.25, -0.2) is 8.78 Å². The van der Waals surface area contributed by atoms with E-state index in [1.165, 1.54) is 45.2 Å². The Morgan fingerprint density at radius 3 is 1.33 bits per heavy atom. The molecule has 0 bridgehead atoms. The fourth-order valence-corrected chi connectivity index (χ4v) is 2.92. The Bertz CT molecular complexity index is 383. The maximum Gasteiger partial charge on any atom is 0.422 e. The van der Waals surface area contributed by atoms with Gasteiger partial charge in [0.05, 0.1) is 7.14 Å². The highest BCUT2D eigenvalue weighted by Crippen LogP contribution is 2.38. The molecule has 8 heteroatoms. The lowest BCUT2D eigenvalue weighted by Gasteiger charge is -2.13. The highest BCUT2D eigenvalue weighted by Gasteiger charge is 2.40. The normalized spacial score (nSPS) is 12.0. The number of benzene rings is 1. The van der Waals surface area contributed by atoms with E-state index in [0.717, 1.165) is 0 Å². The third kappa shape index (κ3) is 2.66. The molecule has 0 aliphatic carbocycles. The number of hydrogen-bond donors (Lipinski definition) is 0. The summed E-state index contributed by atoms with van der Waals surface area (Å²) in [6.45, 7) is 0. The van der Waals surface area contributed by atoms with Crippen molar-refractivity contribution in [2.24, 2.45) is 0 Å². The zero-order valence-corrected chi connectivity index (χ0v) is 13.0. The van der Waals surface area contributed by atoms with Gasteiger partial charge >= 0.3 is 6.18 Å². The van der Waals surface area contributed by atoms with Crippen molar-refractivity contribution in [2.75, 3.05) is 0 Å². The molecule has 0 spiro atoms. The van der Waals surface area contributed by atoms with Gasteiger partial charge in [0.25, 0.3) is 0 Å². The summed E-state index contributed by atoms with van der Waals surface area (Å²) in [7, 11) is 0. The van der Waals surface area contributed by atoms with E-state index < -0.39 is 23.4 Å². The summed E-state index contributed by atoms with van der Waals surface area (Å²) in [6, 6.07) is 0. The molecule has 0 nitrogen and oxygen atoms in total. The van der Waals surface area contributed by atoms with Gasteiger partial charge in [-0.15, -0.1) is 0 Å². The summed E-state index contributed by atoms with van der Waals surface area (Å²) in [5.41, 5.74) is -1.82. The Morgan fingerprint density at radius 1 is 0.733 bits per heavy atom. The maximum atomic E-state index is 13.2. The predicted octanol–water partition coefficient (Wildman–Crippen LogP) is 4.80.